The minimum atomic E-state index is 0.593. The Hall–Kier alpha value is -2.33. The van der Waals surface area contributed by atoms with Crippen LogP contribution in [0.2, 0.25) is 0 Å². The summed E-state index contributed by atoms with van der Waals surface area (Å²) >= 11 is 0. The highest BCUT2D eigenvalue weighted by molar-refractivity contribution is 5.79. The van der Waals surface area contributed by atoms with Crippen molar-refractivity contribution < 1.29 is 4.74 Å². The number of nitrogens with zero attached hydrogens (tertiary/aromatic N) is 2. The van der Waals surface area contributed by atoms with Gasteiger partial charge in [0, 0.05) is 30.4 Å². The van der Waals surface area contributed by atoms with Crippen molar-refractivity contribution >= 4 is 11.0 Å². The van der Waals surface area contributed by atoms with E-state index in [-0.39, 0.29) is 0 Å². The fraction of sp³-hybridized carbons (Fsp3) is 0.381. The van der Waals surface area contributed by atoms with Gasteiger partial charge in [-0.15, -0.1) is 0 Å². The number of ether oxygens (including phenoxy) is 1. The summed E-state index contributed by atoms with van der Waals surface area (Å²) in [5.41, 5.74) is 4.97. The van der Waals surface area contributed by atoms with E-state index < -0.39 is 0 Å². The van der Waals surface area contributed by atoms with Crippen LogP contribution in [0.15, 0.2) is 48.8 Å². The molecule has 1 atom stereocenters. The second-order valence-electron chi connectivity index (χ2n) is 6.85. The first-order valence-electron chi connectivity index (χ1n) is 9.11. The summed E-state index contributed by atoms with van der Waals surface area (Å²) in [6, 6.07) is 12.4. The number of para-hydroxylation sites is 1. The summed E-state index contributed by atoms with van der Waals surface area (Å²) in [6.07, 6.45) is 7.50. The first kappa shape index (κ1) is 16.2. The number of methoxy groups -OCH3 is 1. The van der Waals surface area contributed by atoms with Gasteiger partial charge in [0.15, 0.2) is 0 Å². The Balaban J connectivity index is 1.34. The van der Waals surface area contributed by atoms with Crippen LogP contribution >= 0.6 is 0 Å². The number of pyridine rings is 1. The number of hydrogen-bond acceptors (Lipinski definition) is 3. The summed E-state index contributed by atoms with van der Waals surface area (Å²) in [6.45, 7) is 3.45. The molecule has 1 aliphatic heterocycles. The Morgan fingerprint density at radius 3 is 3.08 bits per heavy atom. The number of likely N-dealkylation sites (tertiary alicyclic amines) is 1. The van der Waals surface area contributed by atoms with E-state index in [4.69, 9.17) is 4.74 Å². The highest BCUT2D eigenvalue weighted by Crippen LogP contribution is 2.31. The Morgan fingerprint density at radius 2 is 2.16 bits per heavy atom. The summed E-state index contributed by atoms with van der Waals surface area (Å²) in [5, 5.41) is 0. The third-order valence-corrected chi connectivity index (χ3v) is 5.29. The van der Waals surface area contributed by atoms with Gasteiger partial charge in [-0.25, -0.2) is 0 Å². The van der Waals surface area contributed by atoms with Gasteiger partial charge >= 0.3 is 0 Å². The minimum absolute atomic E-state index is 0.593. The molecule has 4 nitrogen and oxygen atoms in total. The van der Waals surface area contributed by atoms with Crippen molar-refractivity contribution in [2.75, 3.05) is 26.7 Å². The van der Waals surface area contributed by atoms with E-state index in [1.807, 2.05) is 24.4 Å². The number of aromatic nitrogens is 2. The molecule has 3 aromatic rings. The zero-order chi connectivity index (χ0) is 17.1. The molecule has 3 heterocycles. The molecule has 0 spiro atoms. The lowest BCUT2D eigenvalue weighted by Crippen LogP contribution is -2.22. The molecule has 1 fully saturated rings. The Morgan fingerprint density at radius 1 is 1.24 bits per heavy atom. The summed E-state index contributed by atoms with van der Waals surface area (Å²) < 4.78 is 5.45. The fourth-order valence-electron chi connectivity index (χ4n) is 3.98. The second-order valence-corrected chi connectivity index (χ2v) is 6.85. The van der Waals surface area contributed by atoms with Crippen LogP contribution in [0.5, 0.6) is 5.75 Å². The summed E-state index contributed by atoms with van der Waals surface area (Å²) in [5.74, 6) is 1.60. The minimum Gasteiger partial charge on any atom is -0.496 e. The number of H-pyrrole nitrogens is 1. The molecule has 4 rings (SSSR count). The Bertz CT molecular complexity index is 842. The molecule has 0 aliphatic carbocycles. The van der Waals surface area contributed by atoms with E-state index in [1.54, 1.807) is 7.11 Å². The lowest BCUT2D eigenvalue weighted by atomic mass is 10.0. The first-order chi connectivity index (χ1) is 12.3. The second kappa shape index (κ2) is 7.28. The van der Waals surface area contributed by atoms with Crippen LogP contribution in [-0.2, 0) is 6.42 Å². The average Bonchev–Trinajstić information content (AvgIpc) is 3.28. The van der Waals surface area contributed by atoms with Gasteiger partial charge in [0.2, 0.25) is 0 Å². The smallest absolute Gasteiger partial charge is 0.122 e. The number of hydrogen-bond donors (Lipinski definition) is 1. The predicted molar refractivity (Wildman–Crippen MR) is 101 cm³/mol. The van der Waals surface area contributed by atoms with Crippen LogP contribution in [-0.4, -0.2) is 41.6 Å². The molecular formula is C21H25N3O. The molecular weight excluding hydrogens is 310 g/mol. The van der Waals surface area contributed by atoms with E-state index >= 15 is 0 Å². The monoisotopic (exact) mass is 335 g/mol. The van der Waals surface area contributed by atoms with E-state index in [0.29, 0.717) is 5.92 Å². The fourth-order valence-corrected chi connectivity index (χ4v) is 3.98. The molecule has 0 saturated carbocycles. The zero-order valence-electron chi connectivity index (χ0n) is 14.7. The van der Waals surface area contributed by atoms with E-state index in [2.05, 4.69) is 39.3 Å². The molecule has 4 heteroatoms. The van der Waals surface area contributed by atoms with Crippen molar-refractivity contribution in [3.8, 4) is 5.75 Å². The lowest BCUT2D eigenvalue weighted by molar-refractivity contribution is 0.328. The SMILES string of the molecule is COc1ccccc1CCCN1CCC(c2c[nH]c3cccnc23)C1. The van der Waals surface area contributed by atoms with Gasteiger partial charge in [-0.2, -0.15) is 0 Å². The summed E-state index contributed by atoms with van der Waals surface area (Å²) in [4.78, 5) is 10.5. The quantitative estimate of drug-likeness (QED) is 0.740. The molecule has 0 bridgehead atoms. The normalized spacial score (nSPS) is 18.0. The highest BCUT2D eigenvalue weighted by Gasteiger charge is 2.25. The summed E-state index contributed by atoms with van der Waals surface area (Å²) in [7, 11) is 1.75. The van der Waals surface area contributed by atoms with E-state index in [9.17, 15) is 0 Å². The van der Waals surface area contributed by atoms with Gasteiger partial charge in [-0.05, 0) is 56.1 Å². The molecule has 2 aromatic heterocycles. The number of rotatable bonds is 6. The van der Waals surface area contributed by atoms with E-state index in [0.717, 1.165) is 36.3 Å². The van der Waals surface area contributed by atoms with Gasteiger partial charge < -0.3 is 14.6 Å². The van der Waals surface area contributed by atoms with Crippen molar-refractivity contribution in [1.82, 2.24) is 14.9 Å². The van der Waals surface area contributed by atoms with Crippen molar-refractivity contribution in [3.05, 3.63) is 59.9 Å². The van der Waals surface area contributed by atoms with Gasteiger partial charge in [-0.1, -0.05) is 18.2 Å². The highest BCUT2D eigenvalue weighted by atomic mass is 16.5. The molecule has 1 aromatic carbocycles. The molecule has 1 saturated heterocycles. The standard InChI is InChI=1S/C21H25N3O/c1-25-20-9-3-2-6-16(20)7-5-12-24-13-10-17(15-24)18-14-23-19-8-4-11-22-21(18)19/h2-4,6,8-9,11,14,17,23H,5,7,10,12-13,15H2,1H3. The Labute approximate surface area is 148 Å². The third kappa shape index (κ3) is 3.40. The van der Waals surface area contributed by atoms with Crippen molar-refractivity contribution in [2.45, 2.75) is 25.2 Å². The van der Waals surface area contributed by atoms with E-state index in [1.165, 1.54) is 30.5 Å². The molecule has 1 unspecified atom stereocenters. The Kier molecular flexibility index (Phi) is 4.70. The largest absolute Gasteiger partial charge is 0.496 e. The van der Waals surface area contributed by atoms with Gasteiger partial charge in [0.05, 0.1) is 18.1 Å². The predicted octanol–water partition coefficient (Wildman–Crippen LogP) is 3.99. The van der Waals surface area contributed by atoms with Crippen molar-refractivity contribution in [2.24, 2.45) is 0 Å². The molecule has 130 valence electrons. The number of aryl methyl sites for hydroxylation is 1. The molecule has 0 radical (unpaired) electrons. The van der Waals surface area contributed by atoms with Crippen LogP contribution < -0.4 is 4.74 Å². The maximum Gasteiger partial charge on any atom is 0.122 e. The molecule has 1 N–H and O–H groups in total. The van der Waals surface area contributed by atoms with Crippen LogP contribution in [0.25, 0.3) is 11.0 Å². The zero-order valence-corrected chi connectivity index (χ0v) is 14.7. The topological polar surface area (TPSA) is 41.1 Å². The maximum atomic E-state index is 5.45. The number of nitrogens with one attached hydrogen (secondary N) is 1. The number of fused-ring (bicyclic) bond motifs is 1. The van der Waals surface area contributed by atoms with Crippen LogP contribution in [0, 0.1) is 0 Å². The third-order valence-electron chi connectivity index (χ3n) is 5.29. The van der Waals surface area contributed by atoms with Crippen LogP contribution in [0.3, 0.4) is 0 Å². The number of benzene rings is 1. The molecule has 0 amide bonds. The lowest BCUT2D eigenvalue weighted by Gasteiger charge is -2.16. The molecule has 25 heavy (non-hydrogen) atoms. The molecule has 1 aliphatic rings. The average molecular weight is 335 g/mol. The van der Waals surface area contributed by atoms with Gasteiger partial charge in [0.1, 0.15) is 5.75 Å². The first-order valence-corrected chi connectivity index (χ1v) is 9.11. The maximum absolute atomic E-state index is 5.45. The van der Waals surface area contributed by atoms with Gasteiger partial charge in [-0.3, -0.25) is 4.98 Å². The number of aromatic amines is 1. The van der Waals surface area contributed by atoms with Crippen LogP contribution in [0.4, 0.5) is 0 Å². The van der Waals surface area contributed by atoms with Crippen molar-refractivity contribution in [3.63, 3.8) is 0 Å². The van der Waals surface area contributed by atoms with Crippen LogP contribution in [0.1, 0.15) is 29.9 Å². The van der Waals surface area contributed by atoms with Gasteiger partial charge in [0.25, 0.3) is 0 Å². The van der Waals surface area contributed by atoms with Crippen molar-refractivity contribution in [1.29, 1.82) is 0 Å².